The van der Waals surface area contributed by atoms with Crippen molar-refractivity contribution in [2.75, 3.05) is 7.11 Å². The van der Waals surface area contributed by atoms with Gasteiger partial charge in [0.05, 0.1) is 12.7 Å². The van der Waals surface area contributed by atoms with Crippen LogP contribution >= 0.6 is 0 Å². The molecular weight excluding hydrogens is 413 g/mol. The molecule has 0 aliphatic heterocycles. The number of ether oxygens (including phenoxy) is 1. The largest absolute Gasteiger partial charge is 0.496 e. The summed E-state index contributed by atoms with van der Waals surface area (Å²) in [5, 5.41) is 2.09. The first-order valence-corrected chi connectivity index (χ1v) is 10.2. The Morgan fingerprint density at radius 3 is 2.09 bits per heavy atom. The highest BCUT2D eigenvalue weighted by atomic mass is 19.4. The molecule has 0 aliphatic carbocycles. The lowest BCUT2D eigenvalue weighted by Gasteiger charge is -2.21. The van der Waals surface area contributed by atoms with Gasteiger partial charge >= 0.3 is 6.18 Å². The van der Waals surface area contributed by atoms with E-state index in [-0.39, 0.29) is 29.7 Å². The van der Waals surface area contributed by atoms with Crippen LogP contribution < -0.4 is 4.74 Å². The molecule has 0 aromatic heterocycles. The van der Waals surface area contributed by atoms with Gasteiger partial charge in [0, 0.05) is 29.5 Å². The summed E-state index contributed by atoms with van der Waals surface area (Å²) in [5.74, 6) is 0.110. The average Bonchev–Trinajstić information content (AvgIpc) is 2.79. The maximum atomic E-state index is 13.9. The Bertz CT molecular complexity index is 1260. The smallest absolute Gasteiger partial charge is 0.416 e. The predicted octanol–water partition coefficient (Wildman–Crippen LogP) is 6.86. The maximum Gasteiger partial charge on any atom is 0.416 e. The van der Waals surface area contributed by atoms with Crippen LogP contribution in [0.3, 0.4) is 0 Å². The fourth-order valence-corrected chi connectivity index (χ4v) is 4.08. The Kier molecular flexibility index (Phi) is 5.99. The van der Waals surface area contributed by atoms with Gasteiger partial charge in [0.1, 0.15) is 12.0 Å². The highest BCUT2D eigenvalue weighted by molar-refractivity contribution is 5.84. The monoisotopic (exact) mass is 434 g/mol. The molecule has 0 N–H and O–H groups in total. The third kappa shape index (κ3) is 4.37. The molecule has 0 saturated carbocycles. The van der Waals surface area contributed by atoms with Gasteiger partial charge < -0.3 is 4.74 Å². The minimum absolute atomic E-state index is 0.0147. The number of hydrogen-bond donors (Lipinski definition) is 0. The van der Waals surface area contributed by atoms with E-state index in [1.165, 1.54) is 7.11 Å². The van der Waals surface area contributed by atoms with Gasteiger partial charge in [-0.05, 0) is 28.0 Å². The minimum Gasteiger partial charge on any atom is -0.496 e. The Morgan fingerprint density at radius 2 is 1.44 bits per heavy atom. The van der Waals surface area contributed by atoms with E-state index in [1.807, 2.05) is 48.5 Å². The second-order valence-corrected chi connectivity index (χ2v) is 7.64. The Morgan fingerprint density at radius 1 is 0.781 bits per heavy atom. The van der Waals surface area contributed by atoms with Gasteiger partial charge in [0.2, 0.25) is 0 Å². The summed E-state index contributed by atoms with van der Waals surface area (Å²) in [4.78, 5) is 11.8. The van der Waals surface area contributed by atoms with Crippen LogP contribution in [0.25, 0.3) is 10.8 Å². The van der Waals surface area contributed by atoms with Crippen LogP contribution in [0.4, 0.5) is 13.2 Å². The van der Waals surface area contributed by atoms with Crippen molar-refractivity contribution in [3.63, 3.8) is 0 Å². The summed E-state index contributed by atoms with van der Waals surface area (Å²) in [7, 11) is 1.35. The molecule has 4 aromatic carbocycles. The molecule has 0 atom stereocenters. The van der Waals surface area contributed by atoms with Crippen LogP contribution in [0.1, 0.15) is 38.2 Å². The number of rotatable bonds is 6. The number of halogens is 3. The average molecular weight is 434 g/mol. The molecule has 4 aromatic rings. The zero-order valence-corrected chi connectivity index (χ0v) is 17.4. The van der Waals surface area contributed by atoms with E-state index in [2.05, 4.69) is 0 Å². The van der Waals surface area contributed by atoms with Gasteiger partial charge in [0.25, 0.3) is 0 Å². The van der Waals surface area contributed by atoms with Crippen LogP contribution in [0.15, 0.2) is 78.9 Å². The number of fused-ring (bicyclic) bond motifs is 1. The number of aldehydes is 1. The van der Waals surface area contributed by atoms with Crippen molar-refractivity contribution in [3.05, 3.63) is 112 Å². The standard InChI is InChI=1S/C27H21F3O2/c1-32-26-23(15-19-11-12-20-9-5-6-10-21(20)13-19)22(17-31)16-25(27(28,29)30)24(26)14-18-7-3-2-4-8-18/h2-13,16-17H,14-15H2,1H3. The SMILES string of the molecule is COc1c(Cc2ccc3ccccc3c2)c(C=O)cc(C(F)(F)F)c1Cc1ccccc1. The van der Waals surface area contributed by atoms with Gasteiger partial charge in [0.15, 0.2) is 0 Å². The van der Waals surface area contributed by atoms with Crippen molar-refractivity contribution < 1.29 is 22.7 Å². The summed E-state index contributed by atoms with van der Waals surface area (Å²) in [6.07, 6.45) is -3.82. The van der Waals surface area contributed by atoms with Gasteiger partial charge in [-0.1, -0.05) is 72.8 Å². The molecule has 0 aliphatic rings. The molecule has 0 bridgehead atoms. The van der Waals surface area contributed by atoms with Gasteiger partial charge in [-0.3, -0.25) is 4.79 Å². The third-order valence-corrected chi connectivity index (χ3v) is 5.58. The number of benzene rings is 4. The fourth-order valence-electron chi connectivity index (χ4n) is 4.08. The van der Waals surface area contributed by atoms with Crippen molar-refractivity contribution in [2.24, 2.45) is 0 Å². The van der Waals surface area contributed by atoms with Crippen LogP contribution in [0, 0.1) is 0 Å². The van der Waals surface area contributed by atoms with E-state index in [0.29, 0.717) is 11.8 Å². The summed E-state index contributed by atoms with van der Waals surface area (Å²) in [6.45, 7) is 0. The number of hydrogen-bond acceptors (Lipinski definition) is 2. The molecule has 0 heterocycles. The second kappa shape index (κ2) is 8.87. The quantitative estimate of drug-likeness (QED) is 0.310. The van der Waals surface area contributed by atoms with Crippen molar-refractivity contribution >= 4 is 17.1 Å². The van der Waals surface area contributed by atoms with Crippen molar-refractivity contribution in [2.45, 2.75) is 19.0 Å². The van der Waals surface area contributed by atoms with Crippen LogP contribution in [0.2, 0.25) is 0 Å². The molecule has 4 rings (SSSR count). The molecular formula is C27H21F3O2. The number of carbonyl (C=O) groups excluding carboxylic acids is 1. The van der Waals surface area contributed by atoms with Gasteiger partial charge in [-0.25, -0.2) is 0 Å². The Balaban J connectivity index is 1.88. The molecule has 32 heavy (non-hydrogen) atoms. The van der Waals surface area contributed by atoms with Crippen molar-refractivity contribution in [3.8, 4) is 5.75 Å². The number of alkyl halides is 3. The van der Waals surface area contributed by atoms with Crippen LogP contribution in [-0.2, 0) is 19.0 Å². The molecule has 5 heteroatoms. The summed E-state index contributed by atoms with van der Waals surface area (Å²) in [5.41, 5.74) is 1.24. The van der Waals surface area contributed by atoms with Crippen LogP contribution in [0.5, 0.6) is 5.75 Å². The minimum atomic E-state index is -4.61. The zero-order valence-electron chi connectivity index (χ0n) is 17.4. The first kappa shape index (κ1) is 21.6. The molecule has 0 radical (unpaired) electrons. The Hall–Kier alpha value is -3.60. The lowest BCUT2D eigenvalue weighted by Crippen LogP contribution is -2.14. The molecule has 0 saturated heterocycles. The summed E-state index contributed by atoms with van der Waals surface area (Å²) >= 11 is 0. The third-order valence-electron chi connectivity index (χ3n) is 5.58. The van der Waals surface area contributed by atoms with E-state index >= 15 is 0 Å². The van der Waals surface area contributed by atoms with E-state index < -0.39 is 11.7 Å². The first-order chi connectivity index (χ1) is 15.4. The summed E-state index contributed by atoms with van der Waals surface area (Å²) in [6, 6.07) is 23.6. The Labute approximate surface area is 184 Å². The fraction of sp³-hybridized carbons (Fsp3) is 0.148. The number of carbonyl (C=O) groups is 1. The summed E-state index contributed by atoms with van der Waals surface area (Å²) < 4.78 is 47.4. The lowest BCUT2D eigenvalue weighted by molar-refractivity contribution is -0.138. The van der Waals surface area contributed by atoms with E-state index in [9.17, 15) is 18.0 Å². The van der Waals surface area contributed by atoms with Crippen molar-refractivity contribution in [1.29, 1.82) is 0 Å². The van der Waals surface area contributed by atoms with E-state index in [0.717, 1.165) is 28.0 Å². The molecule has 0 unspecified atom stereocenters. The molecule has 2 nitrogen and oxygen atoms in total. The first-order valence-electron chi connectivity index (χ1n) is 10.2. The second-order valence-electron chi connectivity index (χ2n) is 7.64. The number of methoxy groups -OCH3 is 1. The van der Waals surface area contributed by atoms with E-state index in [1.54, 1.807) is 24.3 Å². The molecule has 0 fully saturated rings. The topological polar surface area (TPSA) is 26.3 Å². The van der Waals surface area contributed by atoms with E-state index in [4.69, 9.17) is 4.74 Å². The molecule has 162 valence electrons. The van der Waals surface area contributed by atoms with Gasteiger partial charge in [-0.15, -0.1) is 0 Å². The zero-order chi connectivity index (χ0) is 22.7. The molecule has 0 spiro atoms. The van der Waals surface area contributed by atoms with Crippen LogP contribution in [-0.4, -0.2) is 13.4 Å². The highest BCUT2D eigenvalue weighted by Gasteiger charge is 2.36. The lowest BCUT2D eigenvalue weighted by atomic mass is 9.89. The van der Waals surface area contributed by atoms with Crippen molar-refractivity contribution in [1.82, 2.24) is 0 Å². The highest BCUT2D eigenvalue weighted by Crippen LogP contribution is 2.41. The predicted molar refractivity (Wildman–Crippen MR) is 119 cm³/mol. The van der Waals surface area contributed by atoms with Gasteiger partial charge in [-0.2, -0.15) is 13.2 Å². The molecule has 0 amide bonds. The normalized spacial score (nSPS) is 11.5. The maximum absolute atomic E-state index is 13.9.